The summed E-state index contributed by atoms with van der Waals surface area (Å²) in [7, 11) is -3.89. The third-order valence-electron chi connectivity index (χ3n) is 3.48. The molecule has 23 heavy (non-hydrogen) atoms. The van der Waals surface area contributed by atoms with Crippen LogP contribution in [0.4, 0.5) is 5.69 Å². The highest BCUT2D eigenvalue weighted by Crippen LogP contribution is 2.25. The maximum atomic E-state index is 12.3. The summed E-state index contributed by atoms with van der Waals surface area (Å²) in [6.45, 7) is 2.25. The Morgan fingerprint density at radius 2 is 1.61 bits per heavy atom. The van der Waals surface area contributed by atoms with E-state index < -0.39 is 10.1 Å². The molecule has 3 rings (SSSR count). The molecule has 1 amide bonds. The van der Waals surface area contributed by atoms with Crippen molar-refractivity contribution in [3.63, 3.8) is 0 Å². The van der Waals surface area contributed by atoms with Crippen LogP contribution in [0.3, 0.4) is 0 Å². The molecule has 1 aliphatic heterocycles. The first-order valence-corrected chi connectivity index (χ1v) is 8.49. The maximum Gasteiger partial charge on any atom is 0.313 e. The minimum atomic E-state index is -3.89. The minimum absolute atomic E-state index is 0.0440. The summed E-state index contributed by atoms with van der Waals surface area (Å²) in [4.78, 5) is 11.0. The molecule has 0 unspecified atom stereocenters. The van der Waals surface area contributed by atoms with E-state index in [1.165, 1.54) is 36.3 Å². The third-order valence-corrected chi connectivity index (χ3v) is 4.74. The van der Waals surface area contributed by atoms with Gasteiger partial charge in [-0.2, -0.15) is 17.8 Å². The van der Waals surface area contributed by atoms with Crippen LogP contribution in [0.2, 0.25) is 0 Å². The zero-order valence-electron chi connectivity index (χ0n) is 12.5. The fourth-order valence-electron chi connectivity index (χ4n) is 2.44. The number of hydrogen-bond donors (Lipinski definition) is 1. The Morgan fingerprint density at radius 3 is 2.13 bits per heavy atom. The van der Waals surface area contributed by atoms with E-state index in [1.807, 2.05) is 24.3 Å². The van der Waals surface area contributed by atoms with E-state index in [4.69, 9.17) is 4.28 Å². The van der Waals surface area contributed by atoms with Gasteiger partial charge in [0.1, 0.15) is 0 Å². The van der Waals surface area contributed by atoms with Crippen molar-refractivity contribution in [1.82, 2.24) is 5.06 Å². The van der Waals surface area contributed by atoms with Gasteiger partial charge in [0.05, 0.1) is 18.0 Å². The van der Waals surface area contributed by atoms with Crippen molar-refractivity contribution >= 4 is 21.7 Å². The molecule has 0 spiro atoms. The van der Waals surface area contributed by atoms with Crippen molar-refractivity contribution in [3.8, 4) is 0 Å². The number of nitrogens with one attached hydrogen (secondary N) is 1. The van der Waals surface area contributed by atoms with Gasteiger partial charge >= 0.3 is 10.1 Å². The van der Waals surface area contributed by atoms with Gasteiger partial charge in [0, 0.05) is 12.6 Å². The van der Waals surface area contributed by atoms with E-state index in [0.717, 1.165) is 11.1 Å². The molecule has 120 valence electrons. The number of amides is 1. The van der Waals surface area contributed by atoms with Gasteiger partial charge in [-0.25, -0.2) is 0 Å². The van der Waals surface area contributed by atoms with Crippen molar-refractivity contribution in [3.05, 3.63) is 59.7 Å². The Labute approximate surface area is 134 Å². The highest BCUT2D eigenvalue weighted by atomic mass is 32.2. The lowest BCUT2D eigenvalue weighted by atomic mass is 10.1. The second kappa shape index (κ2) is 6.11. The molecule has 0 saturated carbocycles. The molecule has 1 N–H and O–H groups in total. The smallest absolute Gasteiger partial charge is 0.313 e. The molecule has 0 aliphatic carbocycles. The number of carbonyl (C=O) groups is 1. The Hall–Kier alpha value is -2.22. The van der Waals surface area contributed by atoms with Gasteiger partial charge in [0.25, 0.3) is 0 Å². The van der Waals surface area contributed by atoms with Gasteiger partial charge in [0.2, 0.25) is 5.91 Å². The van der Waals surface area contributed by atoms with Gasteiger partial charge in [0.15, 0.2) is 0 Å². The molecule has 0 saturated heterocycles. The fourth-order valence-corrected chi connectivity index (χ4v) is 3.38. The zero-order chi connectivity index (χ0) is 16.4. The number of rotatable bonds is 4. The van der Waals surface area contributed by atoms with Crippen LogP contribution in [0.5, 0.6) is 0 Å². The van der Waals surface area contributed by atoms with Crippen LogP contribution in [0.25, 0.3) is 0 Å². The van der Waals surface area contributed by atoms with Crippen molar-refractivity contribution < 1.29 is 17.5 Å². The Kier molecular flexibility index (Phi) is 4.16. The lowest BCUT2D eigenvalue weighted by Crippen LogP contribution is -2.22. The summed E-state index contributed by atoms with van der Waals surface area (Å²) in [6.07, 6.45) is 0. The first kappa shape index (κ1) is 15.7. The SMILES string of the molecule is CC(=O)Nc1ccc(S(=O)(=O)ON2Cc3ccccc3C2)cc1. The van der Waals surface area contributed by atoms with Crippen LogP contribution in [0.1, 0.15) is 18.1 Å². The lowest BCUT2D eigenvalue weighted by molar-refractivity contribution is -0.114. The molecule has 0 radical (unpaired) electrons. The van der Waals surface area contributed by atoms with E-state index in [0.29, 0.717) is 18.8 Å². The van der Waals surface area contributed by atoms with E-state index in [-0.39, 0.29) is 10.8 Å². The highest BCUT2D eigenvalue weighted by Gasteiger charge is 2.25. The van der Waals surface area contributed by atoms with Crippen molar-refractivity contribution in [2.45, 2.75) is 24.9 Å². The van der Waals surface area contributed by atoms with Crippen LogP contribution < -0.4 is 5.32 Å². The van der Waals surface area contributed by atoms with Crippen LogP contribution in [0, 0.1) is 0 Å². The number of carbonyl (C=O) groups excluding carboxylic acids is 1. The van der Waals surface area contributed by atoms with Gasteiger partial charge < -0.3 is 5.32 Å². The maximum absolute atomic E-state index is 12.3. The quantitative estimate of drug-likeness (QED) is 0.929. The molecule has 2 aromatic rings. The predicted molar refractivity (Wildman–Crippen MR) is 84.7 cm³/mol. The zero-order valence-corrected chi connectivity index (χ0v) is 13.3. The molecule has 1 aliphatic rings. The third kappa shape index (κ3) is 3.58. The average Bonchev–Trinajstić information content (AvgIpc) is 2.88. The number of nitrogens with zero attached hydrogens (tertiary/aromatic N) is 1. The number of hydrogen-bond acceptors (Lipinski definition) is 5. The monoisotopic (exact) mass is 332 g/mol. The van der Waals surface area contributed by atoms with Crippen LogP contribution >= 0.6 is 0 Å². The van der Waals surface area contributed by atoms with E-state index in [9.17, 15) is 13.2 Å². The fraction of sp³-hybridized carbons (Fsp3) is 0.188. The van der Waals surface area contributed by atoms with Crippen LogP contribution in [-0.2, 0) is 32.3 Å². The summed E-state index contributed by atoms with van der Waals surface area (Å²) >= 11 is 0. The first-order chi connectivity index (χ1) is 10.9. The van der Waals surface area contributed by atoms with Crippen molar-refractivity contribution in [2.24, 2.45) is 0 Å². The summed E-state index contributed by atoms with van der Waals surface area (Å²) in [5.41, 5.74) is 2.65. The summed E-state index contributed by atoms with van der Waals surface area (Å²) < 4.78 is 29.8. The number of benzene rings is 2. The largest absolute Gasteiger partial charge is 0.326 e. The van der Waals surface area contributed by atoms with Crippen molar-refractivity contribution in [1.29, 1.82) is 0 Å². The Balaban J connectivity index is 1.71. The second-order valence-electron chi connectivity index (χ2n) is 5.30. The number of anilines is 1. The average molecular weight is 332 g/mol. The molecule has 6 nitrogen and oxygen atoms in total. The summed E-state index contributed by atoms with van der Waals surface area (Å²) in [6, 6.07) is 13.6. The second-order valence-corrected chi connectivity index (χ2v) is 6.83. The van der Waals surface area contributed by atoms with Crippen LogP contribution in [0.15, 0.2) is 53.4 Å². The molecule has 0 aromatic heterocycles. The standard InChI is InChI=1S/C16H16N2O4S/c1-12(19)17-15-6-8-16(9-7-15)23(20,21)22-18-10-13-4-2-3-5-14(13)11-18/h2-9H,10-11H2,1H3,(H,17,19). The Bertz CT molecular complexity index is 806. The predicted octanol–water partition coefficient (Wildman–Crippen LogP) is 2.28. The molecule has 7 heteroatoms. The highest BCUT2D eigenvalue weighted by molar-refractivity contribution is 7.86. The molecule has 0 bridgehead atoms. The summed E-state index contributed by atoms with van der Waals surface area (Å²) in [5.74, 6) is -0.216. The number of fused-ring (bicyclic) bond motifs is 1. The Morgan fingerprint density at radius 1 is 1.04 bits per heavy atom. The first-order valence-electron chi connectivity index (χ1n) is 7.08. The molecular weight excluding hydrogens is 316 g/mol. The lowest BCUT2D eigenvalue weighted by Gasteiger charge is -2.14. The van der Waals surface area contributed by atoms with Crippen LogP contribution in [-0.4, -0.2) is 19.4 Å². The van der Waals surface area contributed by atoms with Gasteiger partial charge in [-0.1, -0.05) is 24.3 Å². The van der Waals surface area contributed by atoms with E-state index in [2.05, 4.69) is 5.32 Å². The molecule has 2 aromatic carbocycles. The molecule has 0 fully saturated rings. The van der Waals surface area contributed by atoms with E-state index in [1.54, 1.807) is 0 Å². The van der Waals surface area contributed by atoms with Gasteiger partial charge in [-0.3, -0.25) is 4.79 Å². The van der Waals surface area contributed by atoms with Gasteiger partial charge in [-0.05, 0) is 35.4 Å². The summed E-state index contributed by atoms with van der Waals surface area (Å²) in [5, 5.41) is 4.00. The normalized spacial score (nSPS) is 14.5. The topological polar surface area (TPSA) is 75.7 Å². The molecular formula is C16H16N2O4S. The molecule has 1 heterocycles. The molecule has 0 atom stereocenters. The minimum Gasteiger partial charge on any atom is -0.326 e. The number of hydroxylamine groups is 2. The van der Waals surface area contributed by atoms with Gasteiger partial charge in [-0.15, -0.1) is 0 Å². The van der Waals surface area contributed by atoms with E-state index >= 15 is 0 Å². The van der Waals surface area contributed by atoms with Crippen molar-refractivity contribution in [2.75, 3.05) is 5.32 Å².